The van der Waals surface area contributed by atoms with Gasteiger partial charge in [0.1, 0.15) is 0 Å². The molecule has 1 aliphatic carbocycles. The fraction of sp³-hybridized carbons (Fsp3) is 0.667. The lowest BCUT2D eigenvalue weighted by Crippen LogP contribution is -2.39. The van der Waals surface area contributed by atoms with Gasteiger partial charge in [-0.1, -0.05) is 0 Å². The highest BCUT2D eigenvalue weighted by molar-refractivity contribution is 9.11. The summed E-state index contributed by atoms with van der Waals surface area (Å²) in [6.45, 7) is 2.10. The normalized spacial score (nSPS) is 18.0. The summed E-state index contributed by atoms with van der Waals surface area (Å²) < 4.78 is 1.22. The van der Waals surface area contributed by atoms with E-state index < -0.39 is 0 Å². The van der Waals surface area contributed by atoms with Gasteiger partial charge in [-0.15, -0.1) is 11.3 Å². The average Bonchev–Trinajstić information content (AvgIpc) is 2.97. The molecule has 2 nitrogen and oxygen atoms in total. The van der Waals surface area contributed by atoms with Crippen molar-refractivity contribution >= 4 is 27.3 Å². The van der Waals surface area contributed by atoms with Crippen molar-refractivity contribution in [2.45, 2.75) is 25.4 Å². The standard InChI is InChI=1S/C12H19BrN2S/c1-15(2)11(9-3-4-9)8-14-7-10-5-6-12(13)16-10/h5-6,9,11,14H,3-4,7-8H2,1-2H3. The molecule has 0 bridgehead atoms. The van der Waals surface area contributed by atoms with Crippen molar-refractivity contribution in [3.63, 3.8) is 0 Å². The van der Waals surface area contributed by atoms with Crippen LogP contribution in [0, 0.1) is 5.92 Å². The van der Waals surface area contributed by atoms with E-state index in [0.29, 0.717) is 6.04 Å². The Morgan fingerprint density at radius 2 is 2.25 bits per heavy atom. The first-order chi connectivity index (χ1) is 7.66. The predicted molar refractivity (Wildman–Crippen MR) is 73.9 cm³/mol. The number of hydrogen-bond acceptors (Lipinski definition) is 3. The van der Waals surface area contributed by atoms with E-state index in [1.54, 1.807) is 0 Å². The summed E-state index contributed by atoms with van der Waals surface area (Å²) in [6.07, 6.45) is 2.82. The molecular formula is C12H19BrN2S. The van der Waals surface area contributed by atoms with Crippen molar-refractivity contribution in [3.05, 3.63) is 20.8 Å². The van der Waals surface area contributed by atoms with Crippen LogP contribution in [-0.2, 0) is 6.54 Å². The van der Waals surface area contributed by atoms with Gasteiger partial charge in [0.05, 0.1) is 3.79 Å². The maximum Gasteiger partial charge on any atom is 0.0701 e. The summed E-state index contributed by atoms with van der Waals surface area (Å²) >= 11 is 5.30. The minimum Gasteiger partial charge on any atom is -0.310 e. The Balaban J connectivity index is 1.74. The van der Waals surface area contributed by atoms with Gasteiger partial charge in [0.25, 0.3) is 0 Å². The molecule has 0 spiro atoms. The van der Waals surface area contributed by atoms with E-state index in [9.17, 15) is 0 Å². The van der Waals surface area contributed by atoms with Crippen LogP contribution in [0.25, 0.3) is 0 Å². The molecule has 16 heavy (non-hydrogen) atoms. The summed E-state index contributed by atoms with van der Waals surface area (Å²) in [7, 11) is 4.37. The zero-order chi connectivity index (χ0) is 11.5. The Kier molecular flexibility index (Phi) is 4.41. The Hall–Kier alpha value is 0.1000. The van der Waals surface area contributed by atoms with Gasteiger partial charge < -0.3 is 10.2 Å². The number of halogens is 1. The third kappa shape index (κ3) is 3.55. The van der Waals surface area contributed by atoms with E-state index in [1.165, 1.54) is 21.5 Å². The molecule has 4 heteroatoms. The first-order valence-corrected chi connectivity index (χ1v) is 7.39. The van der Waals surface area contributed by atoms with Gasteiger partial charge in [0.15, 0.2) is 0 Å². The van der Waals surface area contributed by atoms with Crippen LogP contribution in [0.5, 0.6) is 0 Å². The molecule has 1 aromatic heterocycles. The number of likely N-dealkylation sites (N-methyl/N-ethyl adjacent to an activating group) is 1. The number of nitrogens with zero attached hydrogens (tertiary/aromatic N) is 1. The van der Waals surface area contributed by atoms with E-state index >= 15 is 0 Å². The number of hydrogen-bond donors (Lipinski definition) is 1. The molecular weight excluding hydrogens is 284 g/mol. The highest BCUT2D eigenvalue weighted by atomic mass is 79.9. The molecule has 0 aliphatic heterocycles. The van der Waals surface area contributed by atoms with Crippen LogP contribution in [0.1, 0.15) is 17.7 Å². The van der Waals surface area contributed by atoms with Gasteiger partial charge in [0.2, 0.25) is 0 Å². The SMILES string of the molecule is CN(C)C(CNCc1ccc(Br)s1)C1CC1. The molecule has 1 saturated carbocycles. The fourth-order valence-corrected chi connectivity index (χ4v) is 3.49. The zero-order valence-electron chi connectivity index (χ0n) is 9.87. The van der Waals surface area contributed by atoms with Crippen LogP contribution < -0.4 is 5.32 Å². The molecule has 0 radical (unpaired) electrons. The zero-order valence-corrected chi connectivity index (χ0v) is 12.3. The molecule has 1 aromatic rings. The summed E-state index contributed by atoms with van der Waals surface area (Å²) in [6, 6.07) is 5.01. The van der Waals surface area contributed by atoms with Gasteiger partial charge in [-0.05, 0) is 60.9 Å². The van der Waals surface area contributed by atoms with E-state index in [-0.39, 0.29) is 0 Å². The van der Waals surface area contributed by atoms with Crippen LogP contribution in [0.3, 0.4) is 0 Å². The largest absolute Gasteiger partial charge is 0.310 e. The van der Waals surface area contributed by atoms with Crippen molar-refractivity contribution in [1.82, 2.24) is 10.2 Å². The van der Waals surface area contributed by atoms with Crippen LogP contribution in [0.2, 0.25) is 0 Å². The molecule has 2 rings (SSSR count). The van der Waals surface area contributed by atoms with Crippen LogP contribution in [-0.4, -0.2) is 31.6 Å². The second-order valence-corrected chi connectivity index (χ2v) is 7.25. The molecule has 0 saturated heterocycles. The van der Waals surface area contributed by atoms with Gasteiger partial charge in [-0.25, -0.2) is 0 Å². The maximum absolute atomic E-state index is 3.57. The smallest absolute Gasteiger partial charge is 0.0701 e. The van der Waals surface area contributed by atoms with Crippen LogP contribution in [0.15, 0.2) is 15.9 Å². The second-order valence-electron chi connectivity index (χ2n) is 4.71. The van der Waals surface area contributed by atoms with E-state index in [2.05, 4.69) is 52.4 Å². The molecule has 1 N–H and O–H groups in total. The minimum atomic E-state index is 0.711. The Morgan fingerprint density at radius 1 is 1.50 bits per heavy atom. The van der Waals surface area contributed by atoms with Crippen LogP contribution >= 0.6 is 27.3 Å². The van der Waals surface area contributed by atoms with E-state index in [0.717, 1.165) is 19.0 Å². The minimum absolute atomic E-state index is 0.711. The summed E-state index contributed by atoms with van der Waals surface area (Å²) in [5, 5.41) is 3.57. The van der Waals surface area contributed by atoms with Gasteiger partial charge in [0, 0.05) is 24.0 Å². The summed E-state index contributed by atoms with van der Waals surface area (Å²) in [5.41, 5.74) is 0. The molecule has 0 aromatic carbocycles. The lowest BCUT2D eigenvalue weighted by molar-refractivity contribution is 0.255. The number of thiophene rings is 1. The van der Waals surface area contributed by atoms with Crippen molar-refractivity contribution < 1.29 is 0 Å². The molecule has 1 fully saturated rings. The van der Waals surface area contributed by atoms with Crippen LogP contribution in [0.4, 0.5) is 0 Å². The highest BCUT2D eigenvalue weighted by Crippen LogP contribution is 2.34. The Labute approximate surface area is 110 Å². The first kappa shape index (κ1) is 12.6. The quantitative estimate of drug-likeness (QED) is 0.869. The van der Waals surface area contributed by atoms with E-state index in [4.69, 9.17) is 0 Å². The maximum atomic E-state index is 3.57. The fourth-order valence-electron chi connectivity index (χ4n) is 2.04. The van der Waals surface area contributed by atoms with Gasteiger partial charge in [-0.3, -0.25) is 0 Å². The topological polar surface area (TPSA) is 15.3 Å². The van der Waals surface area contributed by atoms with Crippen molar-refractivity contribution in [3.8, 4) is 0 Å². The lowest BCUT2D eigenvalue weighted by Gasteiger charge is -2.24. The second kappa shape index (κ2) is 5.63. The van der Waals surface area contributed by atoms with Crippen molar-refractivity contribution in [2.75, 3.05) is 20.6 Å². The molecule has 90 valence electrons. The molecule has 1 aliphatic rings. The predicted octanol–water partition coefficient (Wildman–Crippen LogP) is 2.94. The average molecular weight is 303 g/mol. The molecule has 1 atom stereocenters. The lowest BCUT2D eigenvalue weighted by atomic mass is 10.1. The third-order valence-corrected chi connectivity index (χ3v) is 4.73. The first-order valence-electron chi connectivity index (χ1n) is 5.78. The van der Waals surface area contributed by atoms with E-state index in [1.807, 2.05) is 11.3 Å². The third-order valence-electron chi connectivity index (χ3n) is 3.11. The number of nitrogens with one attached hydrogen (secondary N) is 1. The van der Waals surface area contributed by atoms with Crippen molar-refractivity contribution in [1.29, 1.82) is 0 Å². The molecule has 1 unspecified atom stereocenters. The Morgan fingerprint density at radius 3 is 2.75 bits per heavy atom. The van der Waals surface area contributed by atoms with Gasteiger partial charge >= 0.3 is 0 Å². The Bertz CT molecular complexity index is 332. The monoisotopic (exact) mass is 302 g/mol. The van der Waals surface area contributed by atoms with Crippen molar-refractivity contribution in [2.24, 2.45) is 5.92 Å². The summed E-state index contributed by atoms with van der Waals surface area (Å²) in [5.74, 6) is 0.928. The molecule has 1 heterocycles. The highest BCUT2D eigenvalue weighted by Gasteiger charge is 2.31. The van der Waals surface area contributed by atoms with Gasteiger partial charge in [-0.2, -0.15) is 0 Å². The number of rotatable bonds is 6. The molecule has 0 amide bonds. The summed E-state index contributed by atoms with van der Waals surface area (Å²) in [4.78, 5) is 3.76.